The van der Waals surface area contributed by atoms with E-state index in [9.17, 15) is 4.79 Å². The van der Waals surface area contributed by atoms with Crippen molar-refractivity contribution in [2.45, 2.75) is 6.54 Å². The highest BCUT2D eigenvalue weighted by atomic mass is 16.1. The first-order valence-corrected chi connectivity index (χ1v) is 5.28. The average molecular weight is 230 g/mol. The number of rotatable bonds is 3. The predicted octanol–water partition coefficient (Wildman–Crippen LogP) is 0.932. The standard InChI is InChI=1S/C12H14N4O/c1-16-11(13)10(8-15-16)12(17)14-7-9-5-3-2-4-6-9/h2-6,8H,7,13H2,1H3,(H,14,17). The van der Waals surface area contributed by atoms with Gasteiger partial charge in [0.2, 0.25) is 0 Å². The summed E-state index contributed by atoms with van der Waals surface area (Å²) in [6.45, 7) is 0.480. The third kappa shape index (κ3) is 2.44. The first-order chi connectivity index (χ1) is 8.18. The summed E-state index contributed by atoms with van der Waals surface area (Å²) in [5.41, 5.74) is 7.16. The Bertz CT molecular complexity index is 519. The number of nitrogens with zero attached hydrogens (tertiary/aromatic N) is 2. The lowest BCUT2D eigenvalue weighted by Crippen LogP contribution is -2.23. The molecule has 0 spiro atoms. The Morgan fingerprint density at radius 1 is 1.41 bits per heavy atom. The Morgan fingerprint density at radius 3 is 2.71 bits per heavy atom. The van der Waals surface area contributed by atoms with Gasteiger partial charge in [-0.1, -0.05) is 30.3 Å². The zero-order chi connectivity index (χ0) is 12.3. The largest absolute Gasteiger partial charge is 0.383 e. The molecule has 0 aliphatic heterocycles. The van der Waals surface area contributed by atoms with Crippen molar-refractivity contribution in [2.24, 2.45) is 7.05 Å². The van der Waals surface area contributed by atoms with Gasteiger partial charge in [-0.15, -0.1) is 0 Å². The van der Waals surface area contributed by atoms with E-state index in [1.807, 2.05) is 30.3 Å². The molecule has 3 N–H and O–H groups in total. The minimum absolute atomic E-state index is 0.209. The van der Waals surface area contributed by atoms with Crippen LogP contribution < -0.4 is 11.1 Å². The molecule has 0 aliphatic carbocycles. The zero-order valence-electron chi connectivity index (χ0n) is 9.55. The molecular weight excluding hydrogens is 216 g/mol. The molecule has 1 amide bonds. The molecule has 1 aromatic carbocycles. The van der Waals surface area contributed by atoms with E-state index >= 15 is 0 Å². The van der Waals surface area contributed by atoms with Gasteiger partial charge in [0, 0.05) is 13.6 Å². The van der Waals surface area contributed by atoms with E-state index in [4.69, 9.17) is 5.73 Å². The third-order valence-corrected chi connectivity index (χ3v) is 2.53. The molecule has 0 radical (unpaired) electrons. The maximum atomic E-state index is 11.8. The Labute approximate surface area is 99.2 Å². The molecule has 0 saturated heterocycles. The van der Waals surface area contributed by atoms with Crippen LogP contribution in [0.3, 0.4) is 0 Å². The molecule has 0 unspecified atom stereocenters. The highest BCUT2D eigenvalue weighted by Gasteiger charge is 2.12. The van der Waals surface area contributed by atoms with Crippen LogP contribution in [0.15, 0.2) is 36.5 Å². The van der Waals surface area contributed by atoms with Gasteiger partial charge in [-0.2, -0.15) is 5.10 Å². The van der Waals surface area contributed by atoms with Gasteiger partial charge in [0.15, 0.2) is 0 Å². The topological polar surface area (TPSA) is 72.9 Å². The van der Waals surface area contributed by atoms with Crippen LogP contribution in [0.1, 0.15) is 15.9 Å². The van der Waals surface area contributed by atoms with Crippen molar-refractivity contribution in [1.82, 2.24) is 15.1 Å². The van der Waals surface area contributed by atoms with E-state index in [0.717, 1.165) is 5.56 Å². The van der Waals surface area contributed by atoms with Crippen molar-refractivity contribution in [2.75, 3.05) is 5.73 Å². The second-order valence-electron chi connectivity index (χ2n) is 3.74. The number of aromatic nitrogens is 2. The van der Waals surface area contributed by atoms with E-state index in [2.05, 4.69) is 10.4 Å². The van der Waals surface area contributed by atoms with Crippen LogP contribution in [0.5, 0.6) is 0 Å². The zero-order valence-corrected chi connectivity index (χ0v) is 9.55. The number of anilines is 1. The van der Waals surface area contributed by atoms with Gasteiger partial charge < -0.3 is 11.1 Å². The Hall–Kier alpha value is -2.30. The number of nitrogens with one attached hydrogen (secondary N) is 1. The summed E-state index contributed by atoms with van der Waals surface area (Å²) in [5, 5.41) is 6.72. The van der Waals surface area contributed by atoms with Crippen LogP contribution in [0, 0.1) is 0 Å². The second kappa shape index (κ2) is 4.69. The van der Waals surface area contributed by atoms with E-state index < -0.39 is 0 Å². The normalized spacial score (nSPS) is 10.2. The molecule has 0 atom stereocenters. The van der Waals surface area contributed by atoms with Crippen LogP contribution in [-0.2, 0) is 13.6 Å². The van der Waals surface area contributed by atoms with Crippen molar-refractivity contribution in [3.8, 4) is 0 Å². The van der Waals surface area contributed by atoms with Gasteiger partial charge in [0.1, 0.15) is 11.4 Å². The molecule has 0 saturated carbocycles. The van der Waals surface area contributed by atoms with E-state index in [-0.39, 0.29) is 5.91 Å². The predicted molar refractivity (Wildman–Crippen MR) is 65.2 cm³/mol. The number of nitrogen functional groups attached to an aromatic ring is 1. The number of benzene rings is 1. The summed E-state index contributed by atoms with van der Waals surface area (Å²) in [6, 6.07) is 9.70. The molecule has 5 heteroatoms. The SMILES string of the molecule is Cn1ncc(C(=O)NCc2ccccc2)c1N. The monoisotopic (exact) mass is 230 g/mol. The number of aryl methyl sites for hydroxylation is 1. The summed E-state index contributed by atoms with van der Waals surface area (Å²) in [7, 11) is 1.70. The van der Waals surface area contributed by atoms with Gasteiger partial charge in [0.25, 0.3) is 5.91 Å². The Balaban J connectivity index is 2.01. The van der Waals surface area contributed by atoms with Crippen LogP contribution in [0.25, 0.3) is 0 Å². The number of amides is 1. The Morgan fingerprint density at radius 2 is 2.12 bits per heavy atom. The first kappa shape index (κ1) is 11.2. The van der Waals surface area contributed by atoms with Gasteiger partial charge >= 0.3 is 0 Å². The van der Waals surface area contributed by atoms with Crippen molar-refractivity contribution < 1.29 is 4.79 Å². The van der Waals surface area contributed by atoms with Crippen molar-refractivity contribution in [3.05, 3.63) is 47.7 Å². The molecule has 0 bridgehead atoms. The third-order valence-electron chi connectivity index (χ3n) is 2.53. The molecule has 0 fully saturated rings. The molecule has 5 nitrogen and oxygen atoms in total. The maximum absolute atomic E-state index is 11.8. The van der Waals surface area contributed by atoms with Crippen LogP contribution >= 0.6 is 0 Å². The smallest absolute Gasteiger partial charge is 0.256 e. The fraction of sp³-hybridized carbons (Fsp3) is 0.167. The van der Waals surface area contributed by atoms with E-state index in [0.29, 0.717) is 17.9 Å². The van der Waals surface area contributed by atoms with E-state index in [1.54, 1.807) is 7.05 Å². The molecule has 88 valence electrons. The van der Waals surface area contributed by atoms with Crippen molar-refractivity contribution in [3.63, 3.8) is 0 Å². The fourth-order valence-electron chi connectivity index (χ4n) is 1.50. The summed E-state index contributed by atoms with van der Waals surface area (Å²) in [4.78, 5) is 11.8. The quantitative estimate of drug-likeness (QED) is 0.824. The van der Waals surface area contributed by atoms with Crippen LogP contribution in [-0.4, -0.2) is 15.7 Å². The number of hydrogen-bond acceptors (Lipinski definition) is 3. The van der Waals surface area contributed by atoms with Crippen LogP contribution in [0.4, 0.5) is 5.82 Å². The maximum Gasteiger partial charge on any atom is 0.256 e. The number of carbonyl (C=O) groups excluding carboxylic acids is 1. The average Bonchev–Trinajstić information content (AvgIpc) is 2.69. The van der Waals surface area contributed by atoms with Crippen LogP contribution in [0.2, 0.25) is 0 Å². The lowest BCUT2D eigenvalue weighted by molar-refractivity contribution is 0.0952. The lowest BCUT2D eigenvalue weighted by Gasteiger charge is -2.04. The number of carbonyl (C=O) groups is 1. The summed E-state index contributed by atoms with van der Waals surface area (Å²) < 4.78 is 1.47. The van der Waals surface area contributed by atoms with Gasteiger partial charge in [-0.25, -0.2) is 0 Å². The highest BCUT2D eigenvalue weighted by Crippen LogP contribution is 2.09. The second-order valence-corrected chi connectivity index (χ2v) is 3.74. The van der Waals surface area contributed by atoms with Gasteiger partial charge in [0.05, 0.1) is 6.20 Å². The molecule has 17 heavy (non-hydrogen) atoms. The van der Waals surface area contributed by atoms with Gasteiger partial charge in [-0.3, -0.25) is 9.48 Å². The lowest BCUT2D eigenvalue weighted by atomic mass is 10.2. The molecule has 1 heterocycles. The Kier molecular flexibility index (Phi) is 3.09. The molecule has 2 rings (SSSR count). The molecule has 2 aromatic rings. The highest BCUT2D eigenvalue weighted by molar-refractivity contribution is 5.98. The summed E-state index contributed by atoms with van der Waals surface area (Å²) in [5.74, 6) is 0.162. The first-order valence-electron chi connectivity index (χ1n) is 5.28. The van der Waals surface area contributed by atoms with Gasteiger partial charge in [-0.05, 0) is 5.56 Å². The summed E-state index contributed by atoms with van der Waals surface area (Å²) in [6.07, 6.45) is 1.47. The number of nitrogens with two attached hydrogens (primary N) is 1. The fourth-order valence-corrected chi connectivity index (χ4v) is 1.50. The van der Waals surface area contributed by atoms with Crippen molar-refractivity contribution in [1.29, 1.82) is 0 Å². The number of hydrogen-bond donors (Lipinski definition) is 2. The van der Waals surface area contributed by atoms with Crippen molar-refractivity contribution >= 4 is 11.7 Å². The molecule has 1 aromatic heterocycles. The molecule has 0 aliphatic rings. The minimum Gasteiger partial charge on any atom is -0.383 e. The van der Waals surface area contributed by atoms with E-state index in [1.165, 1.54) is 10.9 Å². The minimum atomic E-state index is -0.209. The summed E-state index contributed by atoms with van der Waals surface area (Å²) >= 11 is 0. The molecular formula is C12H14N4O.